The van der Waals surface area contributed by atoms with Crippen LogP contribution in [0.3, 0.4) is 0 Å². The number of ether oxygens (including phenoxy) is 1. The molecule has 186 valence electrons. The van der Waals surface area contributed by atoms with Crippen LogP contribution < -0.4 is 5.32 Å². The average molecular weight is 569 g/mol. The number of amidine groups is 1. The lowest BCUT2D eigenvalue weighted by atomic mass is 9.95. The van der Waals surface area contributed by atoms with E-state index in [1.54, 1.807) is 23.4 Å². The Labute approximate surface area is 212 Å². The molecule has 1 fully saturated rings. The summed E-state index contributed by atoms with van der Waals surface area (Å²) in [6, 6.07) is 3.22. The van der Waals surface area contributed by atoms with Gasteiger partial charge in [-0.1, -0.05) is 22.0 Å². The van der Waals surface area contributed by atoms with E-state index in [4.69, 9.17) is 9.73 Å². The fourth-order valence-corrected chi connectivity index (χ4v) is 5.46. The van der Waals surface area contributed by atoms with E-state index in [2.05, 4.69) is 26.2 Å². The lowest BCUT2D eigenvalue weighted by Gasteiger charge is -2.29. The Kier molecular flexibility index (Phi) is 7.34. The summed E-state index contributed by atoms with van der Waals surface area (Å²) in [6.07, 6.45) is 1.61. The Morgan fingerprint density at radius 3 is 2.80 bits per heavy atom. The molecule has 2 aliphatic heterocycles. The van der Waals surface area contributed by atoms with E-state index in [9.17, 15) is 19.1 Å². The van der Waals surface area contributed by atoms with Crippen molar-refractivity contribution in [1.82, 2.24) is 15.2 Å². The molecule has 3 atom stereocenters. The van der Waals surface area contributed by atoms with Crippen molar-refractivity contribution >= 4 is 45.0 Å². The molecular weight excluding hydrogens is 546 g/mol. The molecule has 12 heteroatoms. The van der Waals surface area contributed by atoms with E-state index in [0.717, 1.165) is 0 Å². The van der Waals surface area contributed by atoms with Crippen LogP contribution in [0.2, 0.25) is 0 Å². The van der Waals surface area contributed by atoms with E-state index in [1.165, 1.54) is 36.5 Å². The predicted molar refractivity (Wildman–Crippen MR) is 129 cm³/mol. The molecule has 0 aliphatic carbocycles. The number of nitrogens with zero attached hydrogens (tertiary/aromatic N) is 3. The molecular formula is C23H23BrF2N4O4S. The van der Waals surface area contributed by atoms with Crippen LogP contribution in [0.1, 0.15) is 30.5 Å². The summed E-state index contributed by atoms with van der Waals surface area (Å²) in [4.78, 5) is 35.4. The second kappa shape index (κ2) is 10.1. The number of carboxylic acid groups (broad SMARTS) is 1. The number of alkyl halides is 1. The number of nitrogens with one attached hydrogen (secondary N) is 1. The zero-order valence-electron chi connectivity index (χ0n) is 18.9. The summed E-state index contributed by atoms with van der Waals surface area (Å²) in [5.41, 5.74) is -0.829. The Morgan fingerprint density at radius 1 is 1.43 bits per heavy atom. The molecule has 0 radical (unpaired) electrons. The average Bonchev–Trinajstić information content (AvgIpc) is 3.41. The maximum absolute atomic E-state index is 15.0. The standard InChI is InChI=1S/C23H23BrF2N4O4S/c1-3-34-22(33)17-16(10-30-9-14(21(31)32)23(2,26)11-30)28-19(20-27-6-7-35-20)29-18(17)13-5-4-12(25)8-15(13)24/h4-8,14,18H,3,9-11H2,1-2H3,(H,28,29)(H,31,32). The fourth-order valence-electron chi connectivity index (χ4n) is 4.31. The number of carbonyl (C=O) groups is 2. The molecule has 0 spiro atoms. The number of hydrogen-bond acceptors (Lipinski definition) is 8. The van der Waals surface area contributed by atoms with Crippen LogP contribution in [0.5, 0.6) is 0 Å². The van der Waals surface area contributed by atoms with Gasteiger partial charge in [-0.2, -0.15) is 0 Å². The van der Waals surface area contributed by atoms with Crippen molar-refractivity contribution in [3.05, 3.63) is 61.9 Å². The first-order valence-corrected chi connectivity index (χ1v) is 12.5. The van der Waals surface area contributed by atoms with Crippen LogP contribution >= 0.6 is 27.3 Å². The first-order chi connectivity index (χ1) is 16.6. The molecule has 35 heavy (non-hydrogen) atoms. The summed E-state index contributed by atoms with van der Waals surface area (Å²) in [5, 5.41) is 15.0. The molecule has 3 heterocycles. The second-order valence-electron chi connectivity index (χ2n) is 8.46. The number of benzene rings is 1. The number of rotatable bonds is 7. The van der Waals surface area contributed by atoms with E-state index >= 15 is 4.39 Å². The van der Waals surface area contributed by atoms with Gasteiger partial charge in [0.15, 0.2) is 10.8 Å². The van der Waals surface area contributed by atoms with Crippen LogP contribution in [0.25, 0.3) is 0 Å². The molecule has 1 aromatic carbocycles. The van der Waals surface area contributed by atoms with Crippen molar-refractivity contribution in [1.29, 1.82) is 0 Å². The van der Waals surface area contributed by atoms with Gasteiger partial charge in [0.2, 0.25) is 0 Å². The third kappa shape index (κ3) is 5.29. The minimum Gasteiger partial charge on any atom is -0.481 e. The van der Waals surface area contributed by atoms with Crippen molar-refractivity contribution in [3.8, 4) is 0 Å². The molecule has 2 N–H and O–H groups in total. The molecule has 2 aliphatic rings. The second-order valence-corrected chi connectivity index (χ2v) is 10.2. The predicted octanol–water partition coefficient (Wildman–Crippen LogP) is 3.70. The van der Waals surface area contributed by atoms with E-state index in [-0.39, 0.29) is 31.8 Å². The van der Waals surface area contributed by atoms with Gasteiger partial charge in [0.05, 0.1) is 12.2 Å². The molecule has 8 nitrogen and oxygen atoms in total. The van der Waals surface area contributed by atoms with Gasteiger partial charge >= 0.3 is 11.9 Å². The zero-order valence-corrected chi connectivity index (χ0v) is 21.3. The molecule has 0 bridgehead atoms. The summed E-state index contributed by atoms with van der Waals surface area (Å²) in [5.74, 6) is -3.12. The number of thiazole rings is 1. The van der Waals surface area contributed by atoms with Gasteiger partial charge in [-0.05, 0) is 31.5 Å². The monoisotopic (exact) mass is 568 g/mol. The highest BCUT2D eigenvalue weighted by Gasteiger charge is 2.48. The van der Waals surface area contributed by atoms with Crippen LogP contribution in [-0.4, -0.2) is 64.7 Å². The quantitative estimate of drug-likeness (QED) is 0.491. The minimum atomic E-state index is -1.93. The molecule has 3 unspecified atom stereocenters. The number of likely N-dealkylation sites (tertiary alicyclic amines) is 1. The molecule has 0 saturated carbocycles. The molecule has 4 rings (SSSR count). The SMILES string of the molecule is CCOC(=O)C1=C(CN2CC(C(=O)O)C(C)(F)C2)NC(c2nccs2)=NC1c1ccc(F)cc1Br. The Hall–Kier alpha value is -2.70. The fraction of sp³-hybridized carbons (Fsp3) is 0.391. The van der Waals surface area contributed by atoms with Crippen LogP contribution in [0, 0.1) is 11.7 Å². The summed E-state index contributed by atoms with van der Waals surface area (Å²) >= 11 is 4.71. The topological polar surface area (TPSA) is 104 Å². The zero-order chi connectivity index (χ0) is 25.3. The van der Waals surface area contributed by atoms with Crippen LogP contribution in [0.15, 0.2) is 50.5 Å². The van der Waals surface area contributed by atoms with Crippen molar-refractivity contribution in [2.24, 2.45) is 10.9 Å². The molecule has 1 aromatic heterocycles. The van der Waals surface area contributed by atoms with Crippen LogP contribution in [-0.2, 0) is 14.3 Å². The Morgan fingerprint density at radius 2 is 2.20 bits per heavy atom. The maximum Gasteiger partial charge on any atom is 0.338 e. The van der Waals surface area contributed by atoms with Crippen LogP contribution in [0.4, 0.5) is 8.78 Å². The highest BCUT2D eigenvalue weighted by Crippen LogP contribution is 2.38. The van der Waals surface area contributed by atoms with E-state index < -0.39 is 35.4 Å². The van der Waals surface area contributed by atoms with E-state index in [0.29, 0.717) is 26.6 Å². The molecule has 1 saturated heterocycles. The van der Waals surface area contributed by atoms with Gasteiger partial charge in [-0.3, -0.25) is 14.7 Å². The highest BCUT2D eigenvalue weighted by molar-refractivity contribution is 9.10. The Bertz CT molecular complexity index is 1200. The maximum atomic E-state index is 15.0. The lowest BCUT2D eigenvalue weighted by Crippen LogP contribution is -2.39. The number of aliphatic imine (C=N–C) groups is 1. The third-order valence-electron chi connectivity index (χ3n) is 5.89. The number of hydrogen-bond donors (Lipinski definition) is 2. The van der Waals surface area contributed by atoms with Gasteiger partial charge < -0.3 is 15.2 Å². The van der Waals surface area contributed by atoms with Gasteiger partial charge in [0, 0.05) is 41.4 Å². The summed E-state index contributed by atoms with van der Waals surface area (Å²) < 4.78 is 34.6. The number of aromatic nitrogens is 1. The number of aliphatic carboxylic acids is 1. The number of esters is 1. The Balaban J connectivity index is 1.80. The number of carboxylic acids is 1. The highest BCUT2D eigenvalue weighted by atomic mass is 79.9. The first-order valence-electron chi connectivity index (χ1n) is 10.8. The first kappa shape index (κ1) is 25.4. The van der Waals surface area contributed by atoms with Gasteiger partial charge in [-0.25, -0.2) is 18.6 Å². The van der Waals surface area contributed by atoms with Gasteiger partial charge in [-0.15, -0.1) is 11.3 Å². The van der Waals surface area contributed by atoms with Crippen molar-refractivity contribution in [3.63, 3.8) is 0 Å². The van der Waals surface area contributed by atoms with Gasteiger partial charge in [0.1, 0.15) is 23.4 Å². The number of carbonyl (C=O) groups excluding carboxylic acids is 1. The molecule has 2 aromatic rings. The van der Waals surface area contributed by atoms with Crippen molar-refractivity contribution in [2.75, 3.05) is 26.2 Å². The minimum absolute atomic E-state index is 0.0295. The third-order valence-corrected chi connectivity index (χ3v) is 7.36. The summed E-state index contributed by atoms with van der Waals surface area (Å²) in [7, 11) is 0. The van der Waals surface area contributed by atoms with E-state index in [1.807, 2.05) is 0 Å². The van der Waals surface area contributed by atoms with Crippen molar-refractivity contribution in [2.45, 2.75) is 25.6 Å². The summed E-state index contributed by atoms with van der Waals surface area (Å²) in [6.45, 7) is 2.95. The largest absolute Gasteiger partial charge is 0.481 e. The smallest absolute Gasteiger partial charge is 0.338 e. The number of halogens is 3. The van der Waals surface area contributed by atoms with Gasteiger partial charge in [0.25, 0.3) is 0 Å². The lowest BCUT2D eigenvalue weighted by molar-refractivity contribution is -0.145. The normalized spacial score (nSPS) is 24.8. The van der Waals surface area contributed by atoms with Crippen molar-refractivity contribution < 1.29 is 28.2 Å². The molecule has 0 amide bonds.